The van der Waals surface area contributed by atoms with Crippen LogP contribution in [-0.4, -0.2) is 39.6 Å². The van der Waals surface area contributed by atoms with Gasteiger partial charge >= 0.3 is 5.97 Å². The molecule has 0 spiro atoms. The largest absolute Gasteiger partial charge is 0.480 e. The molecule has 1 aliphatic rings. The van der Waals surface area contributed by atoms with Gasteiger partial charge in [-0.1, -0.05) is 0 Å². The fourth-order valence-corrected chi connectivity index (χ4v) is 5.07. The van der Waals surface area contributed by atoms with Crippen LogP contribution in [0.5, 0.6) is 0 Å². The monoisotopic (exact) mass is 299 g/mol. The summed E-state index contributed by atoms with van der Waals surface area (Å²) in [5.41, 5.74) is 0. The van der Waals surface area contributed by atoms with Gasteiger partial charge in [0.25, 0.3) is 5.91 Å². The summed E-state index contributed by atoms with van der Waals surface area (Å²) in [6, 6.07) is 3.15. The molecule has 94 valence electrons. The molecule has 1 aliphatic heterocycles. The average molecular weight is 299 g/mol. The molecule has 3 heterocycles. The zero-order valence-corrected chi connectivity index (χ0v) is 11.6. The van der Waals surface area contributed by atoms with E-state index in [1.807, 2.05) is 17.5 Å². The molecule has 4 nitrogen and oxygen atoms in total. The van der Waals surface area contributed by atoms with Crippen molar-refractivity contribution in [2.24, 2.45) is 0 Å². The summed E-state index contributed by atoms with van der Waals surface area (Å²) < 4.78 is 2.17. The van der Waals surface area contributed by atoms with Crippen molar-refractivity contribution in [2.75, 3.05) is 11.6 Å². The molecular formula is C11H9NO3S3. The van der Waals surface area contributed by atoms with Gasteiger partial charge in [-0.15, -0.1) is 34.4 Å². The molecule has 2 aromatic rings. The van der Waals surface area contributed by atoms with Gasteiger partial charge < -0.3 is 10.0 Å². The summed E-state index contributed by atoms with van der Waals surface area (Å²) in [6.07, 6.45) is 0. The Balaban J connectivity index is 1.90. The highest BCUT2D eigenvalue weighted by molar-refractivity contribution is 7.99. The molecule has 0 saturated carbocycles. The zero-order chi connectivity index (χ0) is 12.7. The fourth-order valence-electron chi connectivity index (χ4n) is 1.86. The highest BCUT2D eigenvalue weighted by atomic mass is 32.2. The quantitative estimate of drug-likeness (QED) is 0.926. The molecule has 0 aliphatic carbocycles. The molecule has 18 heavy (non-hydrogen) atoms. The van der Waals surface area contributed by atoms with Gasteiger partial charge in [0.2, 0.25) is 0 Å². The number of aliphatic carboxylic acids is 1. The Hall–Kier alpha value is -1.05. The third-order valence-corrected chi connectivity index (χ3v) is 5.87. The van der Waals surface area contributed by atoms with Crippen LogP contribution in [-0.2, 0) is 4.79 Å². The average Bonchev–Trinajstić information content (AvgIpc) is 3.02. The molecule has 2 aromatic heterocycles. The minimum atomic E-state index is -0.924. The summed E-state index contributed by atoms with van der Waals surface area (Å²) in [5, 5.41) is 11.1. The van der Waals surface area contributed by atoms with Crippen molar-refractivity contribution in [2.45, 2.75) is 6.04 Å². The van der Waals surface area contributed by atoms with Crippen LogP contribution in [0.2, 0.25) is 0 Å². The third-order valence-electron chi connectivity index (χ3n) is 2.78. The number of carbonyl (C=O) groups is 2. The Morgan fingerprint density at radius 2 is 2.22 bits per heavy atom. The summed E-state index contributed by atoms with van der Waals surface area (Å²) in [4.78, 5) is 25.4. The molecule has 1 saturated heterocycles. The van der Waals surface area contributed by atoms with Crippen molar-refractivity contribution in [3.63, 3.8) is 0 Å². The van der Waals surface area contributed by atoms with Crippen LogP contribution in [0.1, 0.15) is 9.67 Å². The SMILES string of the molecule is O=C(O)[C@@H]1CSCN1C(=O)c1cc2sccc2s1. The Bertz CT molecular complexity index is 589. The lowest BCUT2D eigenvalue weighted by atomic mass is 10.3. The van der Waals surface area contributed by atoms with Gasteiger partial charge in [0.05, 0.1) is 10.8 Å². The normalized spacial score (nSPS) is 19.6. The van der Waals surface area contributed by atoms with E-state index < -0.39 is 12.0 Å². The van der Waals surface area contributed by atoms with E-state index in [2.05, 4.69) is 0 Å². The third kappa shape index (κ3) is 1.92. The topological polar surface area (TPSA) is 57.6 Å². The highest BCUT2D eigenvalue weighted by Crippen LogP contribution is 2.32. The van der Waals surface area contributed by atoms with Crippen LogP contribution in [0, 0.1) is 0 Å². The first kappa shape index (κ1) is 12.0. The van der Waals surface area contributed by atoms with Crippen molar-refractivity contribution in [3.05, 3.63) is 22.4 Å². The number of thioether (sulfide) groups is 1. The number of hydrogen-bond acceptors (Lipinski definition) is 5. The Morgan fingerprint density at radius 3 is 2.94 bits per heavy atom. The number of carboxylic acids is 1. The van der Waals surface area contributed by atoms with Gasteiger partial charge in [0.1, 0.15) is 6.04 Å². The van der Waals surface area contributed by atoms with Crippen molar-refractivity contribution in [1.82, 2.24) is 4.90 Å². The molecule has 0 aromatic carbocycles. The maximum Gasteiger partial charge on any atom is 0.327 e. The molecule has 3 rings (SSSR count). The number of amides is 1. The lowest BCUT2D eigenvalue weighted by molar-refractivity contribution is -0.140. The van der Waals surface area contributed by atoms with Crippen LogP contribution in [0.4, 0.5) is 0 Å². The van der Waals surface area contributed by atoms with Crippen molar-refractivity contribution >= 4 is 55.7 Å². The van der Waals surface area contributed by atoms with Crippen molar-refractivity contribution in [3.8, 4) is 0 Å². The molecule has 7 heteroatoms. The number of thiophene rings is 2. The fraction of sp³-hybridized carbons (Fsp3) is 0.273. The second kappa shape index (κ2) is 4.56. The Labute approximate surface area is 115 Å². The van der Waals surface area contributed by atoms with E-state index in [1.165, 1.54) is 28.0 Å². The molecule has 0 bridgehead atoms. The predicted octanol–water partition coefficient (Wildman–Crippen LogP) is 2.56. The smallest absolute Gasteiger partial charge is 0.327 e. The van der Waals surface area contributed by atoms with Gasteiger partial charge in [0, 0.05) is 15.2 Å². The van der Waals surface area contributed by atoms with Crippen molar-refractivity contribution < 1.29 is 14.7 Å². The second-order valence-electron chi connectivity index (χ2n) is 3.89. The van der Waals surface area contributed by atoms with E-state index in [4.69, 9.17) is 5.11 Å². The van der Waals surface area contributed by atoms with E-state index in [0.29, 0.717) is 16.5 Å². The van der Waals surface area contributed by atoms with Gasteiger partial charge in [-0.05, 0) is 17.5 Å². The second-order valence-corrected chi connectivity index (χ2v) is 6.92. The number of rotatable bonds is 2. The molecule has 1 amide bonds. The lowest BCUT2D eigenvalue weighted by Gasteiger charge is -2.19. The van der Waals surface area contributed by atoms with Gasteiger partial charge in [0.15, 0.2) is 0 Å². The molecule has 1 N–H and O–H groups in total. The standard InChI is InChI=1S/C11H9NO3S3/c13-10(12-5-16-4-6(12)11(14)15)9-3-8-7(18-9)1-2-17-8/h1-3,6H,4-5H2,(H,14,15)/t6-/m0/s1. The maximum atomic E-state index is 12.3. The van der Waals surface area contributed by atoms with E-state index in [-0.39, 0.29) is 5.91 Å². The van der Waals surface area contributed by atoms with Gasteiger partial charge in [-0.25, -0.2) is 4.79 Å². The minimum Gasteiger partial charge on any atom is -0.480 e. The van der Waals surface area contributed by atoms with E-state index in [1.54, 1.807) is 11.3 Å². The molecule has 0 unspecified atom stereocenters. The molecule has 0 radical (unpaired) electrons. The van der Waals surface area contributed by atoms with Crippen LogP contribution < -0.4 is 0 Å². The number of carbonyl (C=O) groups excluding carboxylic acids is 1. The highest BCUT2D eigenvalue weighted by Gasteiger charge is 2.35. The van der Waals surface area contributed by atoms with Crippen LogP contribution in [0.3, 0.4) is 0 Å². The first-order valence-electron chi connectivity index (χ1n) is 5.25. The molecule has 1 atom stereocenters. The van der Waals surface area contributed by atoms with Crippen LogP contribution in [0.25, 0.3) is 9.40 Å². The van der Waals surface area contributed by atoms with E-state index >= 15 is 0 Å². The maximum absolute atomic E-state index is 12.3. The summed E-state index contributed by atoms with van der Waals surface area (Å²) in [6.45, 7) is 0. The van der Waals surface area contributed by atoms with Gasteiger partial charge in [-0.2, -0.15) is 0 Å². The van der Waals surface area contributed by atoms with Crippen molar-refractivity contribution in [1.29, 1.82) is 0 Å². The number of hydrogen-bond donors (Lipinski definition) is 1. The first-order valence-corrected chi connectivity index (χ1v) is 8.10. The number of carboxylic acid groups (broad SMARTS) is 1. The van der Waals surface area contributed by atoms with Crippen LogP contribution in [0.15, 0.2) is 17.5 Å². The molecule has 1 fully saturated rings. The molecular weight excluding hydrogens is 290 g/mol. The zero-order valence-electron chi connectivity index (χ0n) is 9.16. The number of fused-ring (bicyclic) bond motifs is 1. The van der Waals surface area contributed by atoms with E-state index in [9.17, 15) is 9.59 Å². The number of nitrogens with zero attached hydrogens (tertiary/aromatic N) is 1. The van der Waals surface area contributed by atoms with Crippen LogP contribution >= 0.6 is 34.4 Å². The van der Waals surface area contributed by atoms with E-state index in [0.717, 1.165) is 9.40 Å². The summed E-state index contributed by atoms with van der Waals surface area (Å²) >= 11 is 4.51. The first-order chi connectivity index (χ1) is 8.66. The Morgan fingerprint density at radius 1 is 1.39 bits per heavy atom. The Kier molecular flexibility index (Phi) is 3.04. The minimum absolute atomic E-state index is 0.166. The summed E-state index contributed by atoms with van der Waals surface area (Å²) in [7, 11) is 0. The predicted molar refractivity (Wildman–Crippen MR) is 74.6 cm³/mol. The summed E-state index contributed by atoms with van der Waals surface area (Å²) in [5.74, 6) is -0.158. The van der Waals surface area contributed by atoms with Gasteiger partial charge in [-0.3, -0.25) is 4.79 Å². The lowest BCUT2D eigenvalue weighted by Crippen LogP contribution is -2.41.